The second-order valence-corrected chi connectivity index (χ2v) is 4.49. The van der Waals surface area contributed by atoms with E-state index in [9.17, 15) is 4.79 Å². The van der Waals surface area contributed by atoms with E-state index in [0.717, 1.165) is 24.0 Å². The first kappa shape index (κ1) is 11.0. The zero-order chi connectivity index (χ0) is 12.4. The molecule has 0 radical (unpaired) electrons. The number of fused-ring (bicyclic) bond motifs is 1. The third-order valence-electron chi connectivity index (χ3n) is 3.32. The number of hydrogen-bond donors (Lipinski definition) is 0. The van der Waals surface area contributed by atoms with E-state index in [1.54, 1.807) is 0 Å². The minimum absolute atomic E-state index is 0.149. The van der Waals surface area contributed by atoms with Crippen LogP contribution in [-0.4, -0.2) is 0 Å². The Hall–Kier alpha value is -2.09. The summed E-state index contributed by atoms with van der Waals surface area (Å²) in [6.07, 6.45) is 10.2. The normalized spacial score (nSPS) is 19.0. The molecule has 2 heteroatoms. The SMILES string of the molecule is O=c1oc2cccccc-2c1C1C=CC=CCC1. The largest absolute Gasteiger partial charge is 0.422 e. The number of hydrogen-bond acceptors (Lipinski definition) is 2. The highest BCUT2D eigenvalue weighted by Crippen LogP contribution is 2.32. The maximum Gasteiger partial charge on any atom is 0.340 e. The highest BCUT2D eigenvalue weighted by Gasteiger charge is 2.22. The van der Waals surface area contributed by atoms with E-state index < -0.39 is 0 Å². The van der Waals surface area contributed by atoms with Crippen molar-refractivity contribution in [2.24, 2.45) is 0 Å². The molecule has 2 aliphatic carbocycles. The van der Waals surface area contributed by atoms with Gasteiger partial charge in [0.25, 0.3) is 0 Å². The van der Waals surface area contributed by atoms with Crippen LogP contribution in [0, 0.1) is 0 Å². The van der Waals surface area contributed by atoms with E-state index in [0.29, 0.717) is 5.76 Å². The average molecular weight is 238 g/mol. The first-order valence-electron chi connectivity index (χ1n) is 6.21. The lowest BCUT2D eigenvalue weighted by atomic mass is 9.93. The molecule has 0 saturated carbocycles. The Bertz CT molecular complexity index is 634. The first-order valence-corrected chi connectivity index (χ1v) is 6.21. The second-order valence-electron chi connectivity index (χ2n) is 4.49. The second kappa shape index (κ2) is 4.65. The predicted octanol–water partition coefficient (Wildman–Crippen LogP) is 3.73. The summed E-state index contributed by atoms with van der Waals surface area (Å²) >= 11 is 0. The van der Waals surface area contributed by atoms with Crippen molar-refractivity contribution in [1.29, 1.82) is 0 Å². The molecule has 0 aromatic carbocycles. The first-order chi connectivity index (χ1) is 8.86. The third-order valence-corrected chi connectivity index (χ3v) is 3.32. The topological polar surface area (TPSA) is 30.2 Å². The molecule has 0 fully saturated rings. The molecular formula is C16H14O2. The van der Waals surface area contributed by atoms with Gasteiger partial charge in [-0.2, -0.15) is 0 Å². The van der Waals surface area contributed by atoms with E-state index >= 15 is 0 Å². The summed E-state index contributed by atoms with van der Waals surface area (Å²) in [6.45, 7) is 0. The van der Waals surface area contributed by atoms with E-state index in [4.69, 9.17) is 4.42 Å². The molecule has 1 unspecified atom stereocenters. The Morgan fingerprint density at radius 1 is 1.11 bits per heavy atom. The zero-order valence-electron chi connectivity index (χ0n) is 10.0. The highest BCUT2D eigenvalue weighted by molar-refractivity contribution is 5.64. The molecule has 1 aliphatic heterocycles. The smallest absolute Gasteiger partial charge is 0.340 e. The molecule has 0 saturated heterocycles. The molecule has 0 amide bonds. The van der Waals surface area contributed by atoms with Crippen LogP contribution in [0.4, 0.5) is 0 Å². The minimum atomic E-state index is -0.201. The van der Waals surface area contributed by atoms with Crippen molar-refractivity contribution in [2.75, 3.05) is 0 Å². The van der Waals surface area contributed by atoms with Crippen molar-refractivity contribution in [3.05, 3.63) is 70.6 Å². The summed E-state index contributed by atoms with van der Waals surface area (Å²) in [5, 5.41) is 0. The summed E-state index contributed by atoms with van der Waals surface area (Å²) in [5.41, 5.74) is 1.52. The molecule has 1 heterocycles. The fourth-order valence-corrected chi connectivity index (χ4v) is 2.44. The zero-order valence-corrected chi connectivity index (χ0v) is 10.0. The molecular weight excluding hydrogens is 224 g/mol. The van der Waals surface area contributed by atoms with Crippen LogP contribution in [0.25, 0.3) is 11.3 Å². The molecule has 1 atom stereocenters. The van der Waals surface area contributed by atoms with Crippen LogP contribution < -0.4 is 5.63 Å². The van der Waals surface area contributed by atoms with Crippen molar-refractivity contribution in [3.8, 4) is 11.3 Å². The highest BCUT2D eigenvalue weighted by atomic mass is 16.4. The van der Waals surface area contributed by atoms with E-state index in [1.807, 2.05) is 42.5 Å². The van der Waals surface area contributed by atoms with Gasteiger partial charge in [0, 0.05) is 11.5 Å². The maximum atomic E-state index is 12.0. The van der Waals surface area contributed by atoms with E-state index in [-0.39, 0.29) is 11.5 Å². The number of allylic oxidation sites excluding steroid dienone is 4. The van der Waals surface area contributed by atoms with Gasteiger partial charge in [-0.25, -0.2) is 4.79 Å². The van der Waals surface area contributed by atoms with Gasteiger partial charge in [-0.3, -0.25) is 0 Å². The van der Waals surface area contributed by atoms with Crippen molar-refractivity contribution < 1.29 is 4.42 Å². The van der Waals surface area contributed by atoms with Crippen LogP contribution in [0.2, 0.25) is 0 Å². The van der Waals surface area contributed by atoms with Gasteiger partial charge in [0.05, 0.1) is 5.56 Å². The maximum absolute atomic E-state index is 12.0. The minimum Gasteiger partial charge on any atom is -0.422 e. The molecule has 0 bridgehead atoms. The van der Waals surface area contributed by atoms with Crippen molar-refractivity contribution in [1.82, 2.24) is 0 Å². The average Bonchev–Trinajstić information content (AvgIpc) is 2.62. The molecule has 90 valence electrons. The van der Waals surface area contributed by atoms with Gasteiger partial charge in [0.1, 0.15) is 5.76 Å². The standard InChI is InChI=1S/C16H14O2/c17-16-15(12-8-4-1-2-5-9-12)13-10-6-3-7-11-14(13)18-16/h1-4,6-8,10-12H,5,9H2. The van der Waals surface area contributed by atoms with Gasteiger partial charge in [-0.1, -0.05) is 48.6 Å². The lowest BCUT2D eigenvalue weighted by Gasteiger charge is -2.08. The summed E-state index contributed by atoms with van der Waals surface area (Å²) in [5.74, 6) is 0.821. The Balaban J connectivity index is 2.14. The lowest BCUT2D eigenvalue weighted by Crippen LogP contribution is -2.06. The van der Waals surface area contributed by atoms with Crippen LogP contribution >= 0.6 is 0 Å². The fraction of sp³-hybridized carbons (Fsp3) is 0.188. The molecule has 0 N–H and O–H groups in total. The molecule has 0 aromatic rings. The van der Waals surface area contributed by atoms with Gasteiger partial charge in [0.15, 0.2) is 0 Å². The summed E-state index contributed by atoms with van der Waals surface area (Å²) < 4.78 is 5.34. The van der Waals surface area contributed by atoms with Crippen molar-refractivity contribution >= 4 is 0 Å². The lowest BCUT2D eigenvalue weighted by molar-refractivity contribution is 0.536. The van der Waals surface area contributed by atoms with Crippen LogP contribution in [0.5, 0.6) is 0 Å². The summed E-state index contributed by atoms with van der Waals surface area (Å²) in [4.78, 5) is 12.0. The Morgan fingerprint density at radius 3 is 2.94 bits per heavy atom. The quantitative estimate of drug-likeness (QED) is 0.757. The van der Waals surface area contributed by atoms with E-state index in [2.05, 4.69) is 12.2 Å². The monoisotopic (exact) mass is 238 g/mol. The van der Waals surface area contributed by atoms with Gasteiger partial charge >= 0.3 is 5.63 Å². The Labute approximate surface area is 106 Å². The van der Waals surface area contributed by atoms with Gasteiger partial charge in [-0.05, 0) is 18.9 Å². The number of furan rings is 1. The molecule has 0 spiro atoms. The molecule has 0 aromatic heterocycles. The van der Waals surface area contributed by atoms with Gasteiger partial charge in [-0.15, -0.1) is 0 Å². The molecule has 18 heavy (non-hydrogen) atoms. The van der Waals surface area contributed by atoms with Crippen molar-refractivity contribution in [2.45, 2.75) is 18.8 Å². The Morgan fingerprint density at radius 2 is 2.00 bits per heavy atom. The predicted molar refractivity (Wildman–Crippen MR) is 71.9 cm³/mol. The van der Waals surface area contributed by atoms with Crippen LogP contribution in [0.3, 0.4) is 0 Å². The summed E-state index contributed by atoms with van der Waals surface area (Å²) in [6, 6.07) is 9.58. The van der Waals surface area contributed by atoms with Crippen LogP contribution in [0.15, 0.2) is 63.8 Å². The van der Waals surface area contributed by atoms with Crippen molar-refractivity contribution in [3.63, 3.8) is 0 Å². The van der Waals surface area contributed by atoms with E-state index in [1.165, 1.54) is 0 Å². The Kier molecular flexibility index (Phi) is 2.85. The molecule has 3 rings (SSSR count). The van der Waals surface area contributed by atoms with Gasteiger partial charge in [0.2, 0.25) is 0 Å². The van der Waals surface area contributed by atoms with Crippen LogP contribution in [-0.2, 0) is 0 Å². The third kappa shape index (κ3) is 1.90. The van der Waals surface area contributed by atoms with Gasteiger partial charge < -0.3 is 4.42 Å². The number of rotatable bonds is 1. The van der Waals surface area contributed by atoms with Crippen LogP contribution in [0.1, 0.15) is 24.3 Å². The molecule has 2 nitrogen and oxygen atoms in total. The fourth-order valence-electron chi connectivity index (χ4n) is 2.44. The molecule has 3 aliphatic rings. The summed E-state index contributed by atoms with van der Waals surface area (Å²) in [7, 11) is 0.